The van der Waals surface area contributed by atoms with Gasteiger partial charge in [-0.3, -0.25) is 0 Å². The molecule has 0 amide bonds. The largest absolute Gasteiger partial charge is 0.0807 e. The predicted molar refractivity (Wildman–Crippen MR) is 431 cm³/mol. The van der Waals surface area contributed by atoms with Gasteiger partial charge in [-0.2, -0.15) is 0 Å². The van der Waals surface area contributed by atoms with Crippen molar-refractivity contribution in [3.8, 4) is 0 Å². The average molecular weight is 1320 g/mol. The lowest BCUT2D eigenvalue weighted by Crippen LogP contribution is -2.36. The molecule has 4 aromatic rings. The summed E-state index contributed by atoms with van der Waals surface area (Å²) >= 11 is 0. The van der Waals surface area contributed by atoms with Crippen LogP contribution in [-0.2, 0) is 65.0 Å². The molecule has 0 bridgehead atoms. The van der Waals surface area contributed by atoms with Gasteiger partial charge in [0.2, 0.25) is 0 Å². The summed E-state index contributed by atoms with van der Waals surface area (Å²) in [5.41, 5.74) is 20.3. The highest BCUT2D eigenvalue weighted by molar-refractivity contribution is 7.73. The Labute approximate surface area is 577 Å². The van der Waals surface area contributed by atoms with Gasteiger partial charge in [-0.1, -0.05) is 326 Å². The minimum Gasteiger partial charge on any atom is -0.0807 e. The minimum absolute atomic E-state index is 0.0639. The molecule has 512 valence electrons. The van der Waals surface area contributed by atoms with Crippen molar-refractivity contribution < 1.29 is 0 Å². The van der Waals surface area contributed by atoms with E-state index in [0.717, 1.165) is 0 Å². The molecule has 4 atom stereocenters. The summed E-state index contributed by atoms with van der Waals surface area (Å²) in [4.78, 5) is 0. The summed E-state index contributed by atoms with van der Waals surface area (Å²) < 4.78 is 0. The zero-order valence-corrected chi connectivity index (χ0v) is 71.1. The molecule has 0 fully saturated rings. The fraction of sp³-hybridized carbons (Fsp3) is 0.659. The van der Waals surface area contributed by atoms with Crippen LogP contribution in [0.15, 0.2) is 71.3 Å². The summed E-state index contributed by atoms with van der Waals surface area (Å²) in [6, 6.07) is 20.6. The monoisotopic (exact) mass is 1320 g/mol. The molecular formula is C88H140P4. The van der Waals surface area contributed by atoms with E-state index in [1.165, 1.54) is 86.6 Å². The molecule has 2 aliphatic heterocycles. The first-order valence-corrected chi connectivity index (χ1v) is 40.3. The van der Waals surface area contributed by atoms with E-state index in [1.807, 2.05) is 0 Å². The van der Waals surface area contributed by atoms with E-state index < -0.39 is 15.8 Å². The van der Waals surface area contributed by atoms with E-state index in [1.54, 1.807) is 64.7 Å². The smallest absolute Gasteiger partial charge is 0.0124 e. The number of benzene rings is 4. The predicted octanol–water partition coefficient (Wildman–Crippen LogP) is 26.2. The molecule has 0 aliphatic carbocycles. The molecule has 0 N–H and O–H groups in total. The van der Waals surface area contributed by atoms with Crippen molar-refractivity contribution in [1.29, 1.82) is 0 Å². The molecule has 6 rings (SSSR count). The Hall–Kier alpha value is -2.44. The van der Waals surface area contributed by atoms with Gasteiger partial charge in [-0.25, -0.2) is 0 Å². The molecule has 0 aromatic heterocycles. The van der Waals surface area contributed by atoms with Crippen molar-refractivity contribution in [3.05, 3.63) is 138 Å². The van der Waals surface area contributed by atoms with Crippen LogP contribution in [0, 0.1) is 0 Å². The maximum Gasteiger partial charge on any atom is 0.0124 e. The van der Waals surface area contributed by atoms with Gasteiger partial charge in [0, 0.05) is 21.9 Å². The lowest BCUT2D eigenvalue weighted by Gasteiger charge is -2.41. The lowest BCUT2D eigenvalue weighted by molar-refractivity contribution is 0.552. The number of rotatable bonds is 6. The summed E-state index contributed by atoms with van der Waals surface area (Å²) in [7, 11) is 1.77. The van der Waals surface area contributed by atoms with Crippen LogP contribution in [0.4, 0.5) is 0 Å². The SMILES string of the molecule is CC1=CCC[C@@H](C(C)=Pc2c(C(C)(C)C)cc(C(C)(C)C)cc2C(C)(C)C)P1c1c(C(C)(C)C)cc(C(C)(C)C)cc1C(C)(C)C.CC1=CCC[C@H](C(C)=Pc2c(C(C)(C)C)cc(C(C)(C)C)cc2C(C)(C)C)P1c1c(C(C)(C)C)cc(C(C)(C)C)cc1C(C)(C)C. The van der Waals surface area contributed by atoms with Crippen molar-refractivity contribution >= 4 is 64.1 Å². The third-order valence-electron chi connectivity index (χ3n) is 19.5. The van der Waals surface area contributed by atoms with Gasteiger partial charge in [0.25, 0.3) is 0 Å². The van der Waals surface area contributed by atoms with E-state index in [2.05, 4.69) is 338 Å². The van der Waals surface area contributed by atoms with Crippen LogP contribution in [0.3, 0.4) is 0 Å². The summed E-state index contributed by atoms with van der Waals surface area (Å²) in [5.74, 6) is 0. The van der Waals surface area contributed by atoms with Crippen LogP contribution in [0.2, 0.25) is 0 Å². The molecule has 92 heavy (non-hydrogen) atoms. The zero-order chi connectivity index (χ0) is 71.2. The van der Waals surface area contributed by atoms with Crippen molar-refractivity contribution in [1.82, 2.24) is 0 Å². The molecule has 4 heteroatoms. The molecule has 0 nitrogen and oxygen atoms in total. The third-order valence-corrected chi connectivity index (χ3v) is 29.0. The Morgan fingerprint density at radius 3 is 0.620 bits per heavy atom. The molecule has 4 aromatic carbocycles. The summed E-state index contributed by atoms with van der Waals surface area (Å²) in [6.07, 6.45) is 10.0. The number of allylic oxidation sites excluding steroid dienone is 4. The van der Waals surface area contributed by atoms with Gasteiger partial charge in [0.1, 0.15) is 0 Å². The normalized spacial score (nSPS) is 19.4. The Morgan fingerprint density at radius 1 is 0.283 bits per heavy atom. The quantitative estimate of drug-likeness (QED) is 0.169. The third kappa shape index (κ3) is 19.1. The lowest BCUT2D eigenvalue weighted by atomic mass is 9.75. The van der Waals surface area contributed by atoms with Crippen LogP contribution < -0.4 is 21.2 Å². The highest BCUT2D eigenvalue weighted by Gasteiger charge is 2.41. The van der Waals surface area contributed by atoms with Crippen molar-refractivity contribution in [2.45, 2.75) is 379 Å². The Morgan fingerprint density at radius 2 is 0.457 bits per heavy atom. The highest BCUT2D eigenvalue weighted by atomic mass is 31.1. The second-order valence-electron chi connectivity index (χ2n) is 40.8. The van der Waals surface area contributed by atoms with E-state index in [4.69, 9.17) is 0 Å². The molecule has 2 heterocycles. The van der Waals surface area contributed by atoms with Crippen molar-refractivity contribution in [2.24, 2.45) is 0 Å². The van der Waals surface area contributed by atoms with Crippen LogP contribution in [0.5, 0.6) is 0 Å². The van der Waals surface area contributed by atoms with E-state index in [9.17, 15) is 0 Å². The van der Waals surface area contributed by atoms with E-state index in [0.29, 0.717) is 11.3 Å². The molecule has 0 radical (unpaired) electrons. The highest BCUT2D eigenvalue weighted by Crippen LogP contribution is 2.59. The second-order valence-corrected chi connectivity index (χ2v) is 48.6. The fourth-order valence-corrected chi connectivity index (χ4v) is 25.0. The molecule has 0 saturated heterocycles. The maximum absolute atomic E-state index is 2.60. The summed E-state index contributed by atoms with van der Waals surface area (Å²) in [5, 5.41) is 13.0. The van der Waals surface area contributed by atoms with Gasteiger partial charge < -0.3 is 0 Å². The van der Waals surface area contributed by atoms with Crippen LogP contribution >= 0.6 is 32.3 Å². The van der Waals surface area contributed by atoms with Gasteiger partial charge in [0.05, 0.1) is 0 Å². The molecule has 2 aliphatic rings. The molecule has 0 saturated carbocycles. The standard InChI is InChI=1S/2C44H70P2/c2*1-28-22-21-23-36(46(28)38-34(43(15,16)17)26-31(40(6,7)8)27-35(38)44(18,19)20)29(2)45-37-32(41(9,10)11)24-30(39(3,4)5)25-33(37)42(12,13)14/h2*22,24-27,36H,21,23H2,1-20H3/t2*36-,46?/m10/s1. The Kier molecular flexibility index (Phi) is 23.9. The van der Waals surface area contributed by atoms with Crippen LogP contribution in [-0.4, -0.2) is 21.9 Å². The molecule has 0 spiro atoms. The average Bonchev–Trinajstić information content (AvgIpc) is 0.756. The topological polar surface area (TPSA) is 0 Å². The van der Waals surface area contributed by atoms with Gasteiger partial charge in [-0.15, -0.1) is 0 Å². The van der Waals surface area contributed by atoms with Crippen molar-refractivity contribution in [2.75, 3.05) is 0 Å². The Bertz CT molecular complexity index is 3060. The van der Waals surface area contributed by atoms with E-state index in [-0.39, 0.29) is 65.0 Å². The van der Waals surface area contributed by atoms with Gasteiger partial charge in [-0.05, 0) is 233 Å². The first kappa shape index (κ1) is 80.2. The Balaban J connectivity index is 0.000000334. The van der Waals surface area contributed by atoms with Crippen molar-refractivity contribution in [3.63, 3.8) is 0 Å². The number of hydrogen-bond donors (Lipinski definition) is 0. The second kappa shape index (κ2) is 27.3. The molecular weight excluding hydrogens is 1180 g/mol. The first-order valence-electron chi connectivity index (χ1n) is 35.7. The number of hydrogen-bond acceptors (Lipinski definition) is 0. The summed E-state index contributed by atoms with van der Waals surface area (Å²) in [6.45, 7) is 96.6. The van der Waals surface area contributed by atoms with Crippen LogP contribution in [0.25, 0.3) is 0 Å². The maximum atomic E-state index is 2.60. The molecule has 2 unspecified atom stereocenters. The first-order chi connectivity index (χ1) is 40.9. The zero-order valence-electron chi connectivity index (χ0n) is 67.5. The van der Waals surface area contributed by atoms with Gasteiger partial charge >= 0.3 is 0 Å². The van der Waals surface area contributed by atoms with E-state index >= 15 is 0 Å². The minimum atomic E-state index is -0.529. The van der Waals surface area contributed by atoms with Gasteiger partial charge in [0.15, 0.2) is 0 Å². The fourth-order valence-electron chi connectivity index (χ4n) is 13.4. The van der Waals surface area contributed by atoms with Crippen LogP contribution in [0.1, 0.15) is 369 Å².